The molecule has 2 N–H and O–H groups in total. The van der Waals surface area contributed by atoms with Crippen LogP contribution in [0.25, 0.3) is 10.2 Å². The molecule has 1 amide bonds. The van der Waals surface area contributed by atoms with E-state index in [1.807, 2.05) is 6.07 Å². The minimum atomic E-state index is -0.540. The molecule has 0 unspecified atom stereocenters. The number of ether oxygens (including phenoxy) is 2. The van der Waals surface area contributed by atoms with Gasteiger partial charge in [0.25, 0.3) is 5.91 Å². The Hall–Kier alpha value is -1.82. The molecule has 0 aliphatic carbocycles. The Bertz CT molecular complexity index is 550. The zero-order chi connectivity index (χ0) is 11.7. The number of primary amides is 1. The monoisotopic (exact) mass is 238 g/mol. The Morgan fingerprint density at radius 3 is 2.69 bits per heavy atom. The van der Waals surface area contributed by atoms with Gasteiger partial charge < -0.3 is 15.2 Å². The number of carbonyl (C=O) groups excluding carboxylic acids is 1. The summed E-state index contributed by atoms with van der Waals surface area (Å²) in [6, 6.07) is 3.59. The highest BCUT2D eigenvalue weighted by Crippen LogP contribution is 2.37. The van der Waals surface area contributed by atoms with Crippen LogP contribution in [0.4, 0.5) is 0 Å². The number of hydrogen-bond donors (Lipinski definition) is 1. The summed E-state index contributed by atoms with van der Waals surface area (Å²) in [5.41, 5.74) is 5.77. The zero-order valence-electron chi connectivity index (χ0n) is 8.81. The van der Waals surface area contributed by atoms with Crippen molar-refractivity contribution in [1.29, 1.82) is 0 Å². The summed E-state index contributed by atoms with van der Waals surface area (Å²) in [6.45, 7) is 0. The third kappa shape index (κ3) is 1.57. The maximum absolute atomic E-state index is 11.0. The van der Waals surface area contributed by atoms with Gasteiger partial charge in [-0.05, 0) is 12.1 Å². The Kier molecular flexibility index (Phi) is 2.66. The summed E-state index contributed by atoms with van der Waals surface area (Å²) in [6.07, 6.45) is 0. The van der Waals surface area contributed by atoms with E-state index in [9.17, 15) is 4.79 Å². The highest BCUT2D eigenvalue weighted by atomic mass is 32.1. The topological polar surface area (TPSA) is 74.4 Å². The SMILES string of the molecule is COc1ccc2sc(C(N)=O)nc2c1OC. The lowest BCUT2D eigenvalue weighted by atomic mass is 10.3. The van der Waals surface area contributed by atoms with E-state index in [0.29, 0.717) is 17.0 Å². The Balaban J connectivity index is 2.71. The molecule has 0 aliphatic rings. The van der Waals surface area contributed by atoms with E-state index in [1.165, 1.54) is 18.4 Å². The highest BCUT2D eigenvalue weighted by Gasteiger charge is 2.15. The maximum Gasteiger partial charge on any atom is 0.277 e. The fourth-order valence-electron chi connectivity index (χ4n) is 1.41. The van der Waals surface area contributed by atoms with Gasteiger partial charge in [-0.2, -0.15) is 0 Å². The molecule has 0 atom stereocenters. The molecule has 0 bridgehead atoms. The molecule has 0 spiro atoms. The van der Waals surface area contributed by atoms with Gasteiger partial charge >= 0.3 is 0 Å². The molecular weight excluding hydrogens is 228 g/mol. The lowest BCUT2D eigenvalue weighted by Gasteiger charge is -2.06. The van der Waals surface area contributed by atoms with Gasteiger partial charge in [0.2, 0.25) is 0 Å². The van der Waals surface area contributed by atoms with Crippen molar-refractivity contribution in [2.75, 3.05) is 14.2 Å². The number of nitrogens with two attached hydrogens (primary N) is 1. The van der Waals surface area contributed by atoms with Gasteiger partial charge in [0.15, 0.2) is 16.5 Å². The van der Waals surface area contributed by atoms with Gasteiger partial charge in [0, 0.05) is 0 Å². The van der Waals surface area contributed by atoms with Crippen LogP contribution in [0, 0.1) is 0 Å². The summed E-state index contributed by atoms with van der Waals surface area (Å²) in [5.74, 6) is 0.558. The third-order valence-electron chi connectivity index (χ3n) is 2.11. The molecule has 0 saturated carbocycles. The van der Waals surface area contributed by atoms with Gasteiger partial charge in [-0.3, -0.25) is 4.79 Å². The van der Waals surface area contributed by atoms with Crippen LogP contribution in [-0.2, 0) is 0 Å². The van der Waals surface area contributed by atoms with Crippen molar-refractivity contribution in [3.63, 3.8) is 0 Å². The standard InChI is InChI=1S/C10H10N2O3S/c1-14-5-3-4-6-7(8(5)15-2)12-10(16-6)9(11)13/h3-4H,1-2H3,(H2,11,13). The number of amides is 1. The van der Waals surface area contributed by atoms with Crippen LogP contribution in [0.15, 0.2) is 12.1 Å². The predicted octanol–water partition coefficient (Wildman–Crippen LogP) is 1.41. The van der Waals surface area contributed by atoms with E-state index >= 15 is 0 Å². The van der Waals surface area contributed by atoms with Crippen LogP contribution >= 0.6 is 11.3 Å². The molecule has 5 nitrogen and oxygen atoms in total. The van der Waals surface area contributed by atoms with Crippen LogP contribution in [0.5, 0.6) is 11.5 Å². The Morgan fingerprint density at radius 1 is 1.38 bits per heavy atom. The third-order valence-corrected chi connectivity index (χ3v) is 3.15. The van der Waals surface area contributed by atoms with E-state index in [4.69, 9.17) is 15.2 Å². The Morgan fingerprint density at radius 2 is 2.12 bits per heavy atom. The fourth-order valence-corrected chi connectivity index (χ4v) is 2.23. The molecule has 2 rings (SSSR count). The summed E-state index contributed by atoms with van der Waals surface area (Å²) in [5, 5.41) is 0.265. The smallest absolute Gasteiger partial charge is 0.277 e. The average Bonchev–Trinajstić information content (AvgIpc) is 2.71. The largest absolute Gasteiger partial charge is 0.493 e. The van der Waals surface area contributed by atoms with Gasteiger partial charge in [-0.1, -0.05) is 0 Å². The molecule has 6 heteroatoms. The molecule has 16 heavy (non-hydrogen) atoms. The number of hydrogen-bond acceptors (Lipinski definition) is 5. The fraction of sp³-hybridized carbons (Fsp3) is 0.200. The normalized spacial score (nSPS) is 10.4. The van der Waals surface area contributed by atoms with Crippen LogP contribution in [0.3, 0.4) is 0 Å². The second-order valence-corrected chi connectivity index (χ2v) is 4.06. The molecule has 2 aromatic rings. The first-order chi connectivity index (χ1) is 7.67. The minimum Gasteiger partial charge on any atom is -0.493 e. The van der Waals surface area contributed by atoms with Crippen LogP contribution in [0.2, 0.25) is 0 Å². The van der Waals surface area contributed by atoms with E-state index in [1.54, 1.807) is 13.2 Å². The number of fused-ring (bicyclic) bond motifs is 1. The van der Waals surface area contributed by atoms with Crippen molar-refractivity contribution in [1.82, 2.24) is 4.98 Å². The molecule has 0 radical (unpaired) electrons. The first kappa shape index (κ1) is 10.7. The second kappa shape index (κ2) is 3.97. The molecular formula is C10H10N2O3S. The second-order valence-electron chi connectivity index (χ2n) is 3.03. The quantitative estimate of drug-likeness (QED) is 0.877. The lowest BCUT2D eigenvalue weighted by Crippen LogP contribution is -2.09. The van der Waals surface area contributed by atoms with Crippen molar-refractivity contribution >= 4 is 27.5 Å². The summed E-state index contributed by atoms with van der Waals surface area (Å²) >= 11 is 1.23. The number of rotatable bonds is 3. The van der Waals surface area contributed by atoms with E-state index in [0.717, 1.165) is 4.70 Å². The first-order valence-corrected chi connectivity index (χ1v) is 5.30. The number of aromatic nitrogens is 1. The van der Waals surface area contributed by atoms with Crippen LogP contribution in [-0.4, -0.2) is 25.1 Å². The van der Waals surface area contributed by atoms with E-state index < -0.39 is 5.91 Å². The number of benzene rings is 1. The summed E-state index contributed by atoms with van der Waals surface area (Å²) < 4.78 is 11.2. The Labute approximate surface area is 95.8 Å². The van der Waals surface area contributed by atoms with Crippen molar-refractivity contribution < 1.29 is 14.3 Å². The summed E-state index contributed by atoms with van der Waals surface area (Å²) in [7, 11) is 3.08. The van der Waals surface area contributed by atoms with Gasteiger partial charge in [0.1, 0.15) is 5.52 Å². The first-order valence-electron chi connectivity index (χ1n) is 4.48. The van der Waals surface area contributed by atoms with E-state index in [2.05, 4.69) is 4.98 Å². The molecule has 0 saturated heterocycles. The van der Waals surface area contributed by atoms with Crippen molar-refractivity contribution in [3.8, 4) is 11.5 Å². The lowest BCUT2D eigenvalue weighted by molar-refractivity contribution is 0.1000. The van der Waals surface area contributed by atoms with Crippen LogP contribution in [0.1, 0.15) is 9.80 Å². The predicted molar refractivity (Wildman–Crippen MR) is 61.2 cm³/mol. The van der Waals surface area contributed by atoms with Crippen molar-refractivity contribution in [2.24, 2.45) is 5.73 Å². The molecule has 1 heterocycles. The van der Waals surface area contributed by atoms with E-state index in [-0.39, 0.29) is 5.01 Å². The number of thiazole rings is 1. The molecule has 0 fully saturated rings. The number of carbonyl (C=O) groups is 1. The maximum atomic E-state index is 11.0. The summed E-state index contributed by atoms with van der Waals surface area (Å²) in [4.78, 5) is 15.2. The minimum absolute atomic E-state index is 0.265. The molecule has 0 aliphatic heterocycles. The van der Waals surface area contributed by atoms with Crippen LogP contribution < -0.4 is 15.2 Å². The van der Waals surface area contributed by atoms with Crippen molar-refractivity contribution in [2.45, 2.75) is 0 Å². The number of methoxy groups -OCH3 is 2. The molecule has 84 valence electrons. The van der Waals surface area contributed by atoms with Gasteiger partial charge in [-0.15, -0.1) is 11.3 Å². The molecule has 1 aromatic carbocycles. The highest BCUT2D eigenvalue weighted by molar-refractivity contribution is 7.20. The van der Waals surface area contributed by atoms with Gasteiger partial charge in [-0.25, -0.2) is 4.98 Å². The molecule has 1 aromatic heterocycles. The number of nitrogens with zero attached hydrogens (tertiary/aromatic N) is 1. The van der Waals surface area contributed by atoms with Gasteiger partial charge in [0.05, 0.1) is 18.9 Å². The average molecular weight is 238 g/mol. The zero-order valence-corrected chi connectivity index (χ0v) is 9.63. The van der Waals surface area contributed by atoms with Crippen molar-refractivity contribution in [3.05, 3.63) is 17.1 Å².